The van der Waals surface area contributed by atoms with Gasteiger partial charge in [0.05, 0.1) is 21.7 Å². The van der Waals surface area contributed by atoms with E-state index < -0.39 is 0 Å². The van der Waals surface area contributed by atoms with Crippen molar-refractivity contribution in [1.82, 2.24) is 4.90 Å². The Kier molecular flexibility index (Phi) is 3.92. The highest BCUT2D eigenvalue weighted by Crippen LogP contribution is 2.36. The van der Waals surface area contributed by atoms with E-state index in [4.69, 9.17) is 23.2 Å². The maximum Gasteiger partial charge on any atom is 0.255 e. The SMILES string of the molecule is CN(C(=O)c1cccc(Cl)c1Cl)C1CCc2ccccc21. The van der Waals surface area contributed by atoms with Gasteiger partial charge in [-0.3, -0.25) is 4.79 Å². The lowest BCUT2D eigenvalue weighted by Gasteiger charge is -2.26. The van der Waals surface area contributed by atoms with Crippen LogP contribution in [-0.4, -0.2) is 17.9 Å². The highest BCUT2D eigenvalue weighted by molar-refractivity contribution is 6.43. The molecule has 0 spiro atoms. The summed E-state index contributed by atoms with van der Waals surface area (Å²) in [5.41, 5.74) is 3.00. The summed E-state index contributed by atoms with van der Waals surface area (Å²) in [6, 6.07) is 13.5. The molecule has 0 aromatic heterocycles. The zero-order valence-corrected chi connectivity index (χ0v) is 13.2. The van der Waals surface area contributed by atoms with Crippen LogP contribution in [0.1, 0.15) is 33.9 Å². The van der Waals surface area contributed by atoms with E-state index in [1.165, 1.54) is 11.1 Å². The fourth-order valence-electron chi connectivity index (χ4n) is 2.94. The lowest BCUT2D eigenvalue weighted by atomic mass is 10.1. The molecule has 21 heavy (non-hydrogen) atoms. The van der Waals surface area contributed by atoms with E-state index >= 15 is 0 Å². The summed E-state index contributed by atoms with van der Waals surface area (Å²) >= 11 is 12.2. The Hall–Kier alpha value is -1.51. The van der Waals surface area contributed by atoms with Gasteiger partial charge in [-0.1, -0.05) is 53.5 Å². The number of rotatable bonds is 2. The molecular formula is C17H15Cl2NO. The van der Waals surface area contributed by atoms with Crippen LogP contribution in [0.25, 0.3) is 0 Å². The number of hydrogen-bond donors (Lipinski definition) is 0. The Labute approximate surface area is 134 Å². The number of carbonyl (C=O) groups is 1. The molecule has 0 heterocycles. The molecule has 0 fully saturated rings. The third kappa shape index (κ3) is 2.54. The van der Waals surface area contributed by atoms with Crippen LogP contribution in [0.15, 0.2) is 42.5 Å². The molecule has 1 unspecified atom stereocenters. The standard InChI is InChI=1S/C17H15Cl2NO/c1-20(15-10-9-11-5-2-3-6-12(11)15)17(21)13-7-4-8-14(18)16(13)19/h2-8,15H,9-10H2,1H3. The van der Waals surface area contributed by atoms with Crippen molar-refractivity contribution in [2.45, 2.75) is 18.9 Å². The van der Waals surface area contributed by atoms with Gasteiger partial charge in [0, 0.05) is 7.05 Å². The number of benzene rings is 2. The molecule has 2 aromatic rings. The first kappa shape index (κ1) is 14.4. The summed E-state index contributed by atoms with van der Waals surface area (Å²) in [5.74, 6) is -0.0933. The number of hydrogen-bond acceptors (Lipinski definition) is 1. The predicted octanol–water partition coefficient (Wildman–Crippen LogP) is 4.75. The second kappa shape index (κ2) is 5.70. The van der Waals surface area contributed by atoms with E-state index in [9.17, 15) is 4.79 Å². The monoisotopic (exact) mass is 319 g/mol. The van der Waals surface area contributed by atoms with Crippen molar-refractivity contribution in [3.8, 4) is 0 Å². The quantitative estimate of drug-likeness (QED) is 0.782. The van der Waals surface area contributed by atoms with E-state index in [-0.39, 0.29) is 11.9 Å². The Morgan fingerprint density at radius 3 is 2.71 bits per heavy atom. The van der Waals surface area contributed by atoms with Gasteiger partial charge in [0.15, 0.2) is 0 Å². The van der Waals surface area contributed by atoms with Gasteiger partial charge in [0.25, 0.3) is 5.91 Å². The maximum absolute atomic E-state index is 12.7. The number of carbonyl (C=O) groups excluding carboxylic acids is 1. The van der Waals surface area contributed by atoms with E-state index in [0.717, 1.165) is 12.8 Å². The molecule has 0 aliphatic heterocycles. The van der Waals surface area contributed by atoms with Crippen molar-refractivity contribution in [3.05, 3.63) is 69.2 Å². The highest BCUT2D eigenvalue weighted by Gasteiger charge is 2.29. The molecule has 1 aliphatic carbocycles. The first-order valence-electron chi connectivity index (χ1n) is 6.88. The van der Waals surface area contributed by atoms with Crippen molar-refractivity contribution in [1.29, 1.82) is 0 Å². The van der Waals surface area contributed by atoms with Crippen molar-refractivity contribution in [2.75, 3.05) is 7.05 Å². The second-order valence-electron chi connectivity index (χ2n) is 5.27. The molecular weight excluding hydrogens is 305 g/mol. The van der Waals surface area contributed by atoms with Crippen molar-refractivity contribution >= 4 is 29.1 Å². The van der Waals surface area contributed by atoms with Crippen LogP contribution in [0.4, 0.5) is 0 Å². The topological polar surface area (TPSA) is 20.3 Å². The summed E-state index contributed by atoms with van der Waals surface area (Å²) < 4.78 is 0. The number of aryl methyl sites for hydroxylation is 1. The fraction of sp³-hybridized carbons (Fsp3) is 0.235. The van der Waals surface area contributed by atoms with Gasteiger partial charge in [-0.05, 0) is 36.1 Å². The molecule has 0 saturated heterocycles. The molecule has 2 nitrogen and oxygen atoms in total. The van der Waals surface area contributed by atoms with E-state index in [1.54, 1.807) is 23.1 Å². The molecule has 108 valence electrons. The molecule has 1 atom stereocenters. The van der Waals surface area contributed by atoms with Crippen LogP contribution in [-0.2, 0) is 6.42 Å². The van der Waals surface area contributed by atoms with Gasteiger partial charge >= 0.3 is 0 Å². The normalized spacial score (nSPS) is 16.6. The molecule has 1 aliphatic rings. The number of fused-ring (bicyclic) bond motifs is 1. The van der Waals surface area contributed by atoms with Crippen molar-refractivity contribution < 1.29 is 4.79 Å². The minimum Gasteiger partial charge on any atom is -0.335 e. The zero-order chi connectivity index (χ0) is 15.0. The van der Waals surface area contributed by atoms with Crippen molar-refractivity contribution in [2.24, 2.45) is 0 Å². The average Bonchev–Trinajstić information content (AvgIpc) is 2.92. The number of halogens is 2. The first-order chi connectivity index (χ1) is 10.1. The van der Waals surface area contributed by atoms with Crippen LogP contribution in [0, 0.1) is 0 Å². The molecule has 0 radical (unpaired) electrons. The lowest BCUT2D eigenvalue weighted by Crippen LogP contribution is -2.30. The summed E-state index contributed by atoms with van der Waals surface area (Å²) in [6.07, 6.45) is 1.95. The van der Waals surface area contributed by atoms with Crippen LogP contribution < -0.4 is 0 Å². The minimum atomic E-state index is -0.0933. The van der Waals surface area contributed by atoms with Gasteiger partial charge < -0.3 is 4.90 Å². The maximum atomic E-state index is 12.7. The predicted molar refractivity (Wildman–Crippen MR) is 86.1 cm³/mol. The van der Waals surface area contributed by atoms with Crippen LogP contribution >= 0.6 is 23.2 Å². The van der Waals surface area contributed by atoms with Gasteiger partial charge in [-0.25, -0.2) is 0 Å². The van der Waals surface area contributed by atoms with Crippen molar-refractivity contribution in [3.63, 3.8) is 0 Å². The number of amides is 1. The molecule has 0 N–H and O–H groups in total. The van der Waals surface area contributed by atoms with Crippen LogP contribution in [0.3, 0.4) is 0 Å². The first-order valence-corrected chi connectivity index (χ1v) is 7.64. The summed E-state index contributed by atoms with van der Waals surface area (Å²) in [4.78, 5) is 14.5. The summed E-state index contributed by atoms with van der Waals surface area (Å²) in [5, 5.41) is 0.727. The number of nitrogens with zero attached hydrogens (tertiary/aromatic N) is 1. The van der Waals surface area contributed by atoms with Gasteiger partial charge in [-0.2, -0.15) is 0 Å². The van der Waals surface area contributed by atoms with Crippen LogP contribution in [0.2, 0.25) is 10.0 Å². The Morgan fingerprint density at radius 2 is 1.90 bits per heavy atom. The van der Waals surface area contributed by atoms with E-state index in [2.05, 4.69) is 12.1 Å². The summed E-state index contributed by atoms with van der Waals surface area (Å²) in [6.45, 7) is 0. The summed E-state index contributed by atoms with van der Waals surface area (Å²) in [7, 11) is 1.83. The highest BCUT2D eigenvalue weighted by atomic mass is 35.5. The zero-order valence-electron chi connectivity index (χ0n) is 11.6. The Bertz CT molecular complexity index is 699. The molecule has 0 saturated carbocycles. The second-order valence-corrected chi connectivity index (χ2v) is 6.06. The molecule has 2 aromatic carbocycles. The van der Waals surface area contributed by atoms with E-state index in [0.29, 0.717) is 15.6 Å². The minimum absolute atomic E-state index is 0.0933. The van der Waals surface area contributed by atoms with Gasteiger partial charge in [-0.15, -0.1) is 0 Å². The Morgan fingerprint density at radius 1 is 1.14 bits per heavy atom. The largest absolute Gasteiger partial charge is 0.335 e. The molecule has 4 heteroatoms. The smallest absolute Gasteiger partial charge is 0.255 e. The average molecular weight is 320 g/mol. The van der Waals surface area contributed by atoms with Gasteiger partial charge in [0.2, 0.25) is 0 Å². The van der Waals surface area contributed by atoms with Crippen LogP contribution in [0.5, 0.6) is 0 Å². The molecule has 3 rings (SSSR count). The Balaban J connectivity index is 1.91. The third-order valence-electron chi connectivity index (χ3n) is 4.07. The fourth-order valence-corrected chi connectivity index (χ4v) is 3.32. The van der Waals surface area contributed by atoms with E-state index in [1.807, 2.05) is 19.2 Å². The molecule has 0 bridgehead atoms. The third-order valence-corrected chi connectivity index (χ3v) is 4.89. The molecule has 1 amide bonds. The van der Waals surface area contributed by atoms with Gasteiger partial charge in [0.1, 0.15) is 0 Å². The lowest BCUT2D eigenvalue weighted by molar-refractivity contribution is 0.0731.